The Hall–Kier alpha value is -1.15. The first-order valence-electron chi connectivity index (χ1n) is 6.90. The standard InChI is InChI=1S/C16H23NO/c1-12(2)10-13-6-4-7-14(11-13)15(18)16(3)8-5-9-17-16/h4,6-7,11-12,17H,5,8-10H2,1-3H3. The third-order valence-corrected chi connectivity index (χ3v) is 3.70. The molecule has 1 aliphatic heterocycles. The third kappa shape index (κ3) is 2.81. The summed E-state index contributed by atoms with van der Waals surface area (Å²) >= 11 is 0. The maximum Gasteiger partial charge on any atom is 0.182 e. The molecule has 1 fully saturated rings. The van der Waals surface area contributed by atoms with Crippen molar-refractivity contribution < 1.29 is 4.79 Å². The summed E-state index contributed by atoms with van der Waals surface area (Å²) in [6.07, 6.45) is 3.07. The van der Waals surface area contributed by atoms with Gasteiger partial charge in [-0.05, 0) is 50.3 Å². The van der Waals surface area contributed by atoms with Gasteiger partial charge in [0.1, 0.15) is 0 Å². The normalized spacial score (nSPS) is 23.6. The summed E-state index contributed by atoms with van der Waals surface area (Å²) in [6, 6.07) is 8.12. The Morgan fingerprint density at radius 3 is 2.83 bits per heavy atom. The van der Waals surface area contributed by atoms with Crippen molar-refractivity contribution in [2.24, 2.45) is 5.92 Å². The Bertz CT molecular complexity index is 430. The van der Waals surface area contributed by atoms with Gasteiger partial charge in [-0.1, -0.05) is 32.0 Å². The number of ketones is 1. The second-order valence-electron chi connectivity index (χ2n) is 5.99. The quantitative estimate of drug-likeness (QED) is 0.825. The zero-order chi connectivity index (χ0) is 13.2. The van der Waals surface area contributed by atoms with E-state index in [0.717, 1.165) is 31.4 Å². The van der Waals surface area contributed by atoms with Gasteiger partial charge in [-0.2, -0.15) is 0 Å². The van der Waals surface area contributed by atoms with Crippen molar-refractivity contribution in [2.45, 2.75) is 45.6 Å². The molecular formula is C16H23NO. The number of carbonyl (C=O) groups excluding carboxylic acids is 1. The second kappa shape index (κ2) is 5.23. The molecule has 1 aliphatic rings. The SMILES string of the molecule is CC(C)Cc1cccc(C(=O)C2(C)CCCN2)c1. The molecule has 98 valence electrons. The number of rotatable bonds is 4. The molecule has 0 radical (unpaired) electrons. The van der Waals surface area contributed by atoms with Crippen LogP contribution in [0.4, 0.5) is 0 Å². The number of hydrogen-bond donors (Lipinski definition) is 1. The summed E-state index contributed by atoms with van der Waals surface area (Å²) in [5.74, 6) is 0.862. The van der Waals surface area contributed by atoms with Crippen molar-refractivity contribution in [3.05, 3.63) is 35.4 Å². The lowest BCUT2D eigenvalue weighted by atomic mass is 9.88. The lowest BCUT2D eigenvalue weighted by Gasteiger charge is -2.23. The average molecular weight is 245 g/mol. The van der Waals surface area contributed by atoms with Gasteiger partial charge >= 0.3 is 0 Å². The Morgan fingerprint density at radius 1 is 1.44 bits per heavy atom. The summed E-state index contributed by atoms with van der Waals surface area (Å²) in [4.78, 5) is 12.5. The van der Waals surface area contributed by atoms with Crippen LogP contribution in [0, 0.1) is 5.92 Å². The van der Waals surface area contributed by atoms with E-state index in [4.69, 9.17) is 0 Å². The van der Waals surface area contributed by atoms with Crippen molar-refractivity contribution in [3.8, 4) is 0 Å². The molecule has 1 aromatic carbocycles. The number of carbonyl (C=O) groups is 1. The highest BCUT2D eigenvalue weighted by atomic mass is 16.1. The second-order valence-corrected chi connectivity index (χ2v) is 5.99. The van der Waals surface area contributed by atoms with Crippen molar-refractivity contribution in [3.63, 3.8) is 0 Å². The number of benzene rings is 1. The summed E-state index contributed by atoms with van der Waals surface area (Å²) < 4.78 is 0. The fraction of sp³-hybridized carbons (Fsp3) is 0.562. The fourth-order valence-corrected chi connectivity index (χ4v) is 2.72. The van der Waals surface area contributed by atoms with Gasteiger partial charge < -0.3 is 5.32 Å². The van der Waals surface area contributed by atoms with Crippen molar-refractivity contribution >= 4 is 5.78 Å². The van der Waals surface area contributed by atoms with E-state index >= 15 is 0 Å². The van der Waals surface area contributed by atoms with Gasteiger partial charge in [-0.25, -0.2) is 0 Å². The van der Waals surface area contributed by atoms with Crippen LogP contribution < -0.4 is 5.32 Å². The minimum Gasteiger partial charge on any atom is -0.305 e. The van der Waals surface area contributed by atoms with E-state index in [1.807, 2.05) is 19.1 Å². The molecule has 0 spiro atoms. The van der Waals surface area contributed by atoms with Crippen LogP contribution in [0.2, 0.25) is 0 Å². The molecule has 2 rings (SSSR count). The van der Waals surface area contributed by atoms with Gasteiger partial charge in [-0.15, -0.1) is 0 Å². The van der Waals surface area contributed by atoms with Crippen molar-refractivity contribution in [1.82, 2.24) is 5.32 Å². The molecule has 1 aromatic rings. The minimum atomic E-state index is -0.351. The van der Waals surface area contributed by atoms with Crippen LogP contribution in [0.3, 0.4) is 0 Å². The van der Waals surface area contributed by atoms with Gasteiger partial charge in [0.15, 0.2) is 5.78 Å². The van der Waals surface area contributed by atoms with Crippen LogP contribution in [0.1, 0.15) is 49.5 Å². The van der Waals surface area contributed by atoms with E-state index in [1.165, 1.54) is 5.56 Å². The van der Waals surface area contributed by atoms with E-state index in [0.29, 0.717) is 5.92 Å². The number of hydrogen-bond acceptors (Lipinski definition) is 2. The summed E-state index contributed by atoms with van der Waals surface area (Å²) in [5.41, 5.74) is 1.76. The first-order valence-corrected chi connectivity index (χ1v) is 6.90. The highest BCUT2D eigenvalue weighted by Crippen LogP contribution is 2.24. The summed E-state index contributed by atoms with van der Waals surface area (Å²) in [7, 11) is 0. The van der Waals surface area contributed by atoms with Gasteiger partial charge in [0.2, 0.25) is 0 Å². The van der Waals surface area contributed by atoms with E-state index in [1.54, 1.807) is 0 Å². The maximum absolute atomic E-state index is 12.5. The molecule has 0 saturated carbocycles. The topological polar surface area (TPSA) is 29.1 Å². The third-order valence-electron chi connectivity index (χ3n) is 3.70. The molecule has 18 heavy (non-hydrogen) atoms. The van der Waals surface area contributed by atoms with Crippen LogP contribution >= 0.6 is 0 Å². The van der Waals surface area contributed by atoms with E-state index < -0.39 is 0 Å². The number of Topliss-reactive ketones (excluding diaryl/α,β-unsaturated/α-hetero) is 1. The zero-order valence-corrected chi connectivity index (χ0v) is 11.6. The molecule has 0 aromatic heterocycles. The molecular weight excluding hydrogens is 222 g/mol. The van der Waals surface area contributed by atoms with E-state index in [9.17, 15) is 4.79 Å². The van der Waals surface area contributed by atoms with Crippen LogP contribution in [0.5, 0.6) is 0 Å². The highest BCUT2D eigenvalue weighted by molar-refractivity contribution is 6.03. The van der Waals surface area contributed by atoms with Gasteiger partial charge in [-0.3, -0.25) is 4.79 Å². The predicted octanol–water partition coefficient (Wildman–Crippen LogP) is 3.21. The Labute approximate surface area is 110 Å². The molecule has 2 nitrogen and oxygen atoms in total. The van der Waals surface area contributed by atoms with Crippen molar-refractivity contribution in [1.29, 1.82) is 0 Å². The first kappa shape index (κ1) is 13.3. The smallest absolute Gasteiger partial charge is 0.182 e. The minimum absolute atomic E-state index is 0.241. The largest absolute Gasteiger partial charge is 0.305 e. The molecule has 0 bridgehead atoms. The average Bonchev–Trinajstić information content (AvgIpc) is 2.76. The Morgan fingerprint density at radius 2 is 2.22 bits per heavy atom. The molecule has 0 amide bonds. The molecule has 0 aliphatic carbocycles. The molecule has 1 saturated heterocycles. The lowest BCUT2D eigenvalue weighted by Crippen LogP contribution is -2.44. The fourth-order valence-electron chi connectivity index (χ4n) is 2.72. The lowest BCUT2D eigenvalue weighted by molar-refractivity contribution is 0.0884. The van der Waals surface area contributed by atoms with Crippen LogP contribution in [-0.2, 0) is 6.42 Å². The zero-order valence-electron chi connectivity index (χ0n) is 11.6. The van der Waals surface area contributed by atoms with E-state index in [-0.39, 0.29) is 11.3 Å². The molecule has 1 atom stereocenters. The molecule has 2 heteroatoms. The Kier molecular flexibility index (Phi) is 3.86. The first-order chi connectivity index (χ1) is 8.51. The molecule has 1 N–H and O–H groups in total. The Balaban J connectivity index is 2.20. The van der Waals surface area contributed by atoms with Crippen LogP contribution in [0.25, 0.3) is 0 Å². The number of nitrogens with one attached hydrogen (secondary N) is 1. The molecule has 1 unspecified atom stereocenters. The predicted molar refractivity (Wildman–Crippen MR) is 75.0 cm³/mol. The highest BCUT2D eigenvalue weighted by Gasteiger charge is 2.36. The van der Waals surface area contributed by atoms with Crippen LogP contribution in [-0.4, -0.2) is 17.9 Å². The maximum atomic E-state index is 12.5. The van der Waals surface area contributed by atoms with Crippen molar-refractivity contribution in [2.75, 3.05) is 6.54 Å². The van der Waals surface area contributed by atoms with Crippen LogP contribution in [0.15, 0.2) is 24.3 Å². The van der Waals surface area contributed by atoms with Gasteiger partial charge in [0, 0.05) is 5.56 Å². The van der Waals surface area contributed by atoms with Gasteiger partial charge in [0.25, 0.3) is 0 Å². The molecule has 1 heterocycles. The monoisotopic (exact) mass is 245 g/mol. The van der Waals surface area contributed by atoms with Gasteiger partial charge in [0.05, 0.1) is 5.54 Å². The summed E-state index contributed by atoms with van der Waals surface area (Å²) in [5, 5.41) is 3.34. The summed E-state index contributed by atoms with van der Waals surface area (Å²) in [6.45, 7) is 7.38. The van der Waals surface area contributed by atoms with E-state index in [2.05, 4.69) is 31.3 Å².